The van der Waals surface area contributed by atoms with Crippen molar-refractivity contribution in [1.82, 2.24) is 15.0 Å². The fourth-order valence-corrected chi connectivity index (χ4v) is 10.2. The molecule has 0 N–H and O–H groups in total. The average Bonchev–Trinajstić information content (AvgIpc) is 3.41. The second kappa shape index (κ2) is 35.6. The minimum absolute atomic E-state index is 0. The molecule has 0 atom stereocenters. The van der Waals surface area contributed by atoms with Gasteiger partial charge in [0, 0.05) is 53.8 Å². The number of nitrogens with zero attached hydrogens (tertiary/aromatic N) is 3. The third-order valence-corrected chi connectivity index (χ3v) is 15.1. The van der Waals surface area contributed by atoms with Crippen molar-refractivity contribution in [3.63, 3.8) is 0 Å². The molecule has 6 rings (SSSR count). The van der Waals surface area contributed by atoms with E-state index in [1.807, 2.05) is 66.8 Å². The molecule has 72 heavy (non-hydrogen) atoms. The summed E-state index contributed by atoms with van der Waals surface area (Å²) in [6, 6.07) is 42.1. The van der Waals surface area contributed by atoms with Gasteiger partial charge in [0.2, 0.25) is 0 Å². The Labute approximate surface area is 456 Å². The van der Waals surface area contributed by atoms with Crippen LogP contribution in [-0.2, 0) is 5.41 Å². The third kappa shape index (κ3) is 21.3. The Balaban J connectivity index is 0.000000299. The van der Waals surface area contributed by atoms with E-state index in [4.69, 9.17) is 14.2 Å². The number of hydrogen-bond donors (Lipinski definition) is 0. The second-order valence-electron chi connectivity index (χ2n) is 14.7. The normalized spacial score (nSPS) is 10.3. The van der Waals surface area contributed by atoms with Crippen LogP contribution in [0.15, 0.2) is 258 Å². The van der Waals surface area contributed by atoms with Crippen molar-refractivity contribution >= 4 is 70.6 Å². The highest BCUT2D eigenvalue weighted by molar-refractivity contribution is 8.01. The maximum Gasteiger partial charge on any atom is 0.192 e. The molecule has 0 fully saturated rings. The molecule has 0 radical (unpaired) electrons. The molecule has 376 valence electrons. The molecule has 0 unspecified atom stereocenters. The van der Waals surface area contributed by atoms with Crippen molar-refractivity contribution < 1.29 is 14.2 Å². The first-order valence-corrected chi connectivity index (χ1v) is 28.3. The van der Waals surface area contributed by atoms with Crippen molar-refractivity contribution in [3.05, 3.63) is 239 Å². The van der Waals surface area contributed by atoms with E-state index in [2.05, 4.69) is 159 Å². The van der Waals surface area contributed by atoms with E-state index in [0.717, 1.165) is 78.2 Å². The number of hydrogen-bond acceptors (Lipinski definition) is 12. The van der Waals surface area contributed by atoms with Crippen LogP contribution in [0.3, 0.4) is 0 Å². The molecule has 0 aliphatic rings. The van der Waals surface area contributed by atoms with Gasteiger partial charge in [-0.2, -0.15) is 15.0 Å². The lowest BCUT2D eigenvalue weighted by molar-refractivity contribution is 0.362. The highest BCUT2D eigenvalue weighted by Crippen LogP contribution is 2.41. The highest BCUT2D eigenvalue weighted by atomic mass is 32.2. The maximum absolute atomic E-state index is 5.67. The number of aromatic nitrogens is 3. The zero-order chi connectivity index (χ0) is 50.9. The van der Waals surface area contributed by atoms with Crippen LogP contribution < -0.4 is 14.2 Å². The SMILES string of the molecule is C.C=CCOc1ccc(C(C)(c2ccc(OCC=C)cc2)c2ccc(OCC=C)cc2)cc1.C=CCSc1ccc(Sc2ccc(SCC=C)cc2)cc1.C=CCSc1nc(SCC=C)nc(SCC=C)n1. The fourth-order valence-electron chi connectivity index (χ4n) is 6.19. The van der Waals surface area contributed by atoms with Gasteiger partial charge < -0.3 is 14.2 Å². The van der Waals surface area contributed by atoms with Gasteiger partial charge in [-0.25, -0.2) is 0 Å². The number of thioether (sulfide) groups is 5. The van der Waals surface area contributed by atoms with Crippen LogP contribution >= 0.6 is 70.6 Å². The molecule has 0 aliphatic carbocycles. The smallest absolute Gasteiger partial charge is 0.192 e. The first kappa shape index (κ1) is 60.8. The van der Waals surface area contributed by atoms with E-state index in [-0.39, 0.29) is 12.8 Å². The first-order chi connectivity index (χ1) is 34.7. The van der Waals surface area contributed by atoms with Crippen LogP contribution in [0.1, 0.15) is 31.0 Å². The summed E-state index contributed by atoms with van der Waals surface area (Å²) >= 11 is 10.1. The molecular weight excluding hydrogens is 1000 g/mol. The van der Waals surface area contributed by atoms with Gasteiger partial charge >= 0.3 is 0 Å². The van der Waals surface area contributed by atoms with Gasteiger partial charge in [0.15, 0.2) is 15.5 Å². The van der Waals surface area contributed by atoms with Crippen molar-refractivity contribution in [2.24, 2.45) is 0 Å². The van der Waals surface area contributed by atoms with E-state index in [1.165, 1.54) is 19.6 Å². The molecule has 12 heteroatoms. The molecule has 0 aliphatic heterocycles. The summed E-state index contributed by atoms with van der Waals surface area (Å²) < 4.78 is 17.0. The quantitative estimate of drug-likeness (QED) is 0.0255. The van der Waals surface area contributed by atoms with Crippen LogP contribution in [0.2, 0.25) is 0 Å². The van der Waals surface area contributed by atoms with Gasteiger partial charge in [-0.05, 0) is 109 Å². The molecule has 0 amide bonds. The van der Waals surface area contributed by atoms with E-state index in [9.17, 15) is 0 Å². The summed E-state index contributed by atoms with van der Waals surface area (Å²) in [4.78, 5) is 18.3. The lowest BCUT2D eigenvalue weighted by Gasteiger charge is -2.32. The minimum atomic E-state index is -0.384. The molecule has 0 bridgehead atoms. The van der Waals surface area contributed by atoms with Crippen LogP contribution in [0, 0.1) is 0 Å². The summed E-state index contributed by atoms with van der Waals surface area (Å²) in [5.74, 6) is 6.74. The molecule has 6 nitrogen and oxygen atoms in total. The maximum atomic E-state index is 5.67. The van der Waals surface area contributed by atoms with Gasteiger partial charge in [0.05, 0.1) is 0 Å². The summed E-state index contributed by atoms with van der Waals surface area (Å²) in [5, 5.41) is 2.22. The predicted molar refractivity (Wildman–Crippen MR) is 320 cm³/mol. The number of rotatable bonds is 29. The van der Waals surface area contributed by atoms with Crippen molar-refractivity contribution in [1.29, 1.82) is 0 Å². The topological polar surface area (TPSA) is 66.4 Å². The average molecular weight is 1070 g/mol. The zero-order valence-corrected chi connectivity index (χ0v) is 45.4. The summed E-state index contributed by atoms with van der Waals surface area (Å²) in [6.45, 7) is 33.3. The molecular formula is C60H67N3O3S6. The van der Waals surface area contributed by atoms with Crippen molar-refractivity contribution in [3.8, 4) is 17.2 Å². The number of ether oxygens (including phenoxy) is 3. The van der Waals surface area contributed by atoms with Gasteiger partial charge in [-0.3, -0.25) is 0 Å². The lowest BCUT2D eigenvalue weighted by Crippen LogP contribution is -2.25. The summed E-state index contributed by atoms with van der Waals surface area (Å²) in [7, 11) is 0. The Bertz CT molecular complexity index is 2310. The van der Waals surface area contributed by atoms with Crippen LogP contribution in [0.5, 0.6) is 17.2 Å². The van der Waals surface area contributed by atoms with E-state index < -0.39 is 0 Å². The Morgan fingerprint density at radius 2 is 0.611 bits per heavy atom. The third-order valence-electron chi connectivity index (χ3n) is 9.58. The van der Waals surface area contributed by atoms with Crippen LogP contribution in [-0.4, -0.2) is 63.5 Å². The standard InChI is InChI=1S/C29H30O3.C18H18S3.C12H15N3S3.CH4/c1-5-20-30-26-14-8-23(9-15-26)29(4,24-10-16-27(17-11-24)31-21-6-2)25-12-18-28(19-13-25)32-22-7-3;1-3-13-19-15-5-9-17(10-6-15)21-18-11-7-16(8-12-18)20-14-4-2;1-4-7-16-10-13-11(17-8-5-2)15-12(14-10)18-9-6-3;/h5-19H,1-3,20-22H2,4H3;3-12H,1-2,13-14H2;4-6H,1-3,7-9H2;1H4. The Hall–Kier alpha value is -5.47. The van der Waals surface area contributed by atoms with Crippen molar-refractivity contribution in [2.45, 2.75) is 54.8 Å². The van der Waals surface area contributed by atoms with Crippen LogP contribution in [0.25, 0.3) is 0 Å². The van der Waals surface area contributed by atoms with Crippen LogP contribution in [0.4, 0.5) is 0 Å². The predicted octanol–water partition coefficient (Wildman–Crippen LogP) is 17.5. The largest absolute Gasteiger partial charge is 0.490 e. The zero-order valence-electron chi connectivity index (χ0n) is 40.5. The van der Waals surface area contributed by atoms with E-state index >= 15 is 0 Å². The van der Waals surface area contributed by atoms with Gasteiger partial charge in [0.25, 0.3) is 0 Å². The molecule has 0 spiro atoms. The lowest BCUT2D eigenvalue weighted by atomic mass is 9.71. The Morgan fingerprint density at radius 3 is 0.861 bits per heavy atom. The van der Waals surface area contributed by atoms with Gasteiger partial charge in [0.1, 0.15) is 37.1 Å². The van der Waals surface area contributed by atoms with E-state index in [1.54, 1.807) is 88.8 Å². The molecule has 1 aromatic heterocycles. The van der Waals surface area contributed by atoms with E-state index in [0.29, 0.717) is 19.8 Å². The van der Waals surface area contributed by atoms with Gasteiger partial charge in [-0.1, -0.05) is 159 Å². The molecule has 1 heterocycles. The number of benzene rings is 5. The molecule has 6 aromatic rings. The molecule has 0 saturated heterocycles. The monoisotopic (exact) mass is 1070 g/mol. The Morgan fingerprint density at radius 1 is 0.361 bits per heavy atom. The Kier molecular flexibility index (Phi) is 30.1. The highest BCUT2D eigenvalue weighted by Gasteiger charge is 2.31. The fraction of sp³-hybridized carbons (Fsp3) is 0.183. The summed E-state index contributed by atoms with van der Waals surface area (Å²) in [6.07, 6.45) is 14.6. The van der Waals surface area contributed by atoms with Gasteiger partial charge in [-0.15, -0.1) is 56.4 Å². The second-order valence-corrected chi connectivity index (χ2v) is 21.0. The van der Waals surface area contributed by atoms with Crippen molar-refractivity contribution in [2.75, 3.05) is 48.6 Å². The minimum Gasteiger partial charge on any atom is -0.490 e. The summed E-state index contributed by atoms with van der Waals surface area (Å²) in [5.41, 5.74) is 3.08. The first-order valence-electron chi connectivity index (χ1n) is 22.6. The molecule has 5 aromatic carbocycles. The molecule has 0 saturated carbocycles.